The van der Waals surface area contributed by atoms with E-state index in [1.54, 1.807) is 0 Å². The SMILES string of the molecule is C1COCCO1.O=[N+]([O-])O. The van der Waals surface area contributed by atoms with Crippen molar-refractivity contribution in [1.29, 1.82) is 0 Å². The van der Waals surface area contributed by atoms with Crippen molar-refractivity contribution in [2.45, 2.75) is 0 Å². The van der Waals surface area contributed by atoms with E-state index in [-0.39, 0.29) is 0 Å². The topological polar surface area (TPSA) is 81.8 Å². The molecule has 0 aromatic carbocycles. The minimum absolute atomic E-state index is 0.778. The van der Waals surface area contributed by atoms with Crippen LogP contribution < -0.4 is 0 Å². The maximum absolute atomic E-state index is 8.36. The molecule has 60 valence electrons. The van der Waals surface area contributed by atoms with E-state index in [1.807, 2.05) is 0 Å². The highest BCUT2D eigenvalue weighted by Gasteiger charge is 1.94. The summed E-state index contributed by atoms with van der Waals surface area (Å²) in [6.07, 6.45) is 0. The van der Waals surface area contributed by atoms with Crippen molar-refractivity contribution in [2.75, 3.05) is 26.4 Å². The van der Waals surface area contributed by atoms with Crippen LogP contribution in [0.15, 0.2) is 0 Å². The van der Waals surface area contributed by atoms with Gasteiger partial charge in [0.25, 0.3) is 5.09 Å². The van der Waals surface area contributed by atoms with E-state index in [0.29, 0.717) is 0 Å². The van der Waals surface area contributed by atoms with Gasteiger partial charge >= 0.3 is 0 Å². The molecule has 0 saturated carbocycles. The summed E-state index contributed by atoms with van der Waals surface area (Å²) < 4.78 is 9.89. The molecule has 1 saturated heterocycles. The van der Waals surface area contributed by atoms with Crippen LogP contribution >= 0.6 is 0 Å². The number of rotatable bonds is 0. The second-order valence-corrected chi connectivity index (χ2v) is 1.46. The highest BCUT2D eigenvalue weighted by molar-refractivity contribution is 4.37. The number of hydrogen-bond donors (Lipinski definition) is 1. The smallest absolute Gasteiger partial charge is 0.291 e. The molecule has 0 spiro atoms. The molecule has 0 amide bonds. The van der Waals surface area contributed by atoms with Gasteiger partial charge in [-0.3, -0.25) is 0 Å². The molecule has 1 aliphatic rings. The van der Waals surface area contributed by atoms with E-state index in [2.05, 4.69) is 0 Å². The molecule has 1 aliphatic heterocycles. The Morgan fingerprint density at radius 1 is 1.20 bits per heavy atom. The summed E-state index contributed by atoms with van der Waals surface area (Å²) in [5.41, 5.74) is 0. The van der Waals surface area contributed by atoms with Crippen molar-refractivity contribution in [3.8, 4) is 0 Å². The van der Waals surface area contributed by atoms with Crippen LogP contribution in [0.1, 0.15) is 0 Å². The Morgan fingerprint density at radius 2 is 1.40 bits per heavy atom. The minimum Gasteiger partial charge on any atom is -0.377 e. The Hall–Kier alpha value is -0.880. The molecular formula is C4H9NO5. The van der Waals surface area contributed by atoms with Crippen LogP contribution in [0.25, 0.3) is 0 Å². The standard InChI is InChI=1S/C4H8O2.HNO3/c1-2-6-4-3-5-1;2-1(3)4/h1-4H2;(H,2,3,4). The molecule has 0 aromatic heterocycles. The van der Waals surface area contributed by atoms with Gasteiger partial charge in [0, 0.05) is 0 Å². The lowest BCUT2D eigenvalue weighted by Crippen LogP contribution is -2.16. The molecule has 6 nitrogen and oxygen atoms in total. The molecule has 0 bridgehead atoms. The summed E-state index contributed by atoms with van der Waals surface area (Å²) in [5.74, 6) is 0. The van der Waals surface area contributed by atoms with Crippen LogP contribution in [0.4, 0.5) is 0 Å². The van der Waals surface area contributed by atoms with Crippen LogP contribution in [0.2, 0.25) is 0 Å². The molecule has 1 fully saturated rings. The third-order valence-electron chi connectivity index (χ3n) is 0.744. The maximum Gasteiger partial charge on any atom is 0.291 e. The molecule has 0 unspecified atom stereocenters. The van der Waals surface area contributed by atoms with Gasteiger partial charge in [-0.2, -0.15) is 0 Å². The Balaban J connectivity index is 0.000000180. The lowest BCUT2D eigenvalue weighted by Gasteiger charge is -2.09. The minimum atomic E-state index is -1.50. The van der Waals surface area contributed by atoms with Crippen LogP contribution in [0, 0.1) is 10.1 Å². The Bertz CT molecular complexity index is 76.1. The van der Waals surface area contributed by atoms with Crippen molar-refractivity contribution in [2.24, 2.45) is 0 Å². The summed E-state index contributed by atoms with van der Waals surface area (Å²) in [6, 6.07) is 0. The molecule has 6 heteroatoms. The number of ether oxygens (including phenoxy) is 2. The number of hydrogen-bond acceptors (Lipinski definition) is 4. The molecule has 10 heavy (non-hydrogen) atoms. The number of nitrogens with zero attached hydrogens (tertiary/aromatic N) is 1. The van der Waals surface area contributed by atoms with Gasteiger partial charge in [0.15, 0.2) is 0 Å². The quantitative estimate of drug-likeness (QED) is 0.379. The fraction of sp³-hybridized carbons (Fsp3) is 1.00. The molecule has 1 rings (SSSR count). The van der Waals surface area contributed by atoms with Gasteiger partial charge < -0.3 is 14.7 Å². The maximum atomic E-state index is 8.36. The first-order valence-electron chi connectivity index (χ1n) is 2.72. The van der Waals surface area contributed by atoms with Gasteiger partial charge in [-0.15, -0.1) is 10.1 Å². The third-order valence-corrected chi connectivity index (χ3v) is 0.744. The molecule has 0 aliphatic carbocycles. The zero-order valence-electron chi connectivity index (χ0n) is 5.36. The van der Waals surface area contributed by atoms with Gasteiger partial charge in [0.05, 0.1) is 26.4 Å². The highest BCUT2D eigenvalue weighted by Crippen LogP contribution is 1.85. The summed E-state index contributed by atoms with van der Waals surface area (Å²) in [6.45, 7) is 3.11. The Labute approximate surface area is 57.5 Å². The summed E-state index contributed by atoms with van der Waals surface area (Å²) >= 11 is 0. The summed E-state index contributed by atoms with van der Waals surface area (Å²) in [4.78, 5) is 8.36. The van der Waals surface area contributed by atoms with Gasteiger partial charge in [-0.25, -0.2) is 0 Å². The molecule has 0 aromatic rings. The first-order valence-corrected chi connectivity index (χ1v) is 2.72. The van der Waals surface area contributed by atoms with E-state index >= 15 is 0 Å². The van der Waals surface area contributed by atoms with E-state index in [1.165, 1.54) is 0 Å². The molecular weight excluding hydrogens is 142 g/mol. The average Bonchev–Trinajstić information content (AvgIpc) is 1.90. The van der Waals surface area contributed by atoms with Crippen LogP contribution in [0.5, 0.6) is 0 Å². The lowest BCUT2D eigenvalue weighted by molar-refractivity contribution is -0.742. The van der Waals surface area contributed by atoms with E-state index in [0.717, 1.165) is 26.4 Å². The van der Waals surface area contributed by atoms with E-state index in [4.69, 9.17) is 24.8 Å². The zero-order chi connectivity index (χ0) is 7.82. The van der Waals surface area contributed by atoms with Gasteiger partial charge in [0.2, 0.25) is 0 Å². The first kappa shape index (κ1) is 9.12. The fourth-order valence-corrected chi connectivity index (χ4v) is 0.440. The van der Waals surface area contributed by atoms with Crippen molar-refractivity contribution >= 4 is 0 Å². The zero-order valence-corrected chi connectivity index (χ0v) is 5.36. The average molecular weight is 151 g/mol. The lowest BCUT2D eigenvalue weighted by atomic mass is 10.6. The van der Waals surface area contributed by atoms with Crippen molar-refractivity contribution in [3.05, 3.63) is 10.1 Å². The predicted octanol–water partition coefficient (Wildman–Crippen LogP) is -0.314. The van der Waals surface area contributed by atoms with E-state index in [9.17, 15) is 0 Å². The summed E-state index contributed by atoms with van der Waals surface area (Å²) in [7, 11) is 0. The van der Waals surface area contributed by atoms with Crippen molar-refractivity contribution in [3.63, 3.8) is 0 Å². The van der Waals surface area contributed by atoms with Crippen LogP contribution in [-0.4, -0.2) is 36.7 Å². The van der Waals surface area contributed by atoms with Gasteiger partial charge in [0.1, 0.15) is 0 Å². The van der Waals surface area contributed by atoms with Crippen LogP contribution in [-0.2, 0) is 9.47 Å². The predicted molar refractivity (Wildman–Crippen MR) is 30.4 cm³/mol. The first-order chi connectivity index (χ1) is 4.73. The molecule has 0 atom stereocenters. The molecule has 1 N–H and O–H groups in total. The van der Waals surface area contributed by atoms with Gasteiger partial charge in [-0.05, 0) is 0 Å². The second kappa shape index (κ2) is 6.24. The van der Waals surface area contributed by atoms with E-state index < -0.39 is 5.09 Å². The van der Waals surface area contributed by atoms with Crippen molar-refractivity contribution < 1.29 is 19.8 Å². The Morgan fingerprint density at radius 3 is 1.50 bits per heavy atom. The van der Waals surface area contributed by atoms with Gasteiger partial charge in [-0.1, -0.05) is 0 Å². The molecule has 0 radical (unpaired) electrons. The largest absolute Gasteiger partial charge is 0.377 e. The molecule has 1 heterocycles. The summed E-state index contributed by atoms with van der Waals surface area (Å²) in [5, 5.41) is 13.6. The monoisotopic (exact) mass is 151 g/mol. The van der Waals surface area contributed by atoms with Crippen LogP contribution in [0.3, 0.4) is 0 Å². The normalized spacial score (nSPS) is 16.8. The van der Waals surface area contributed by atoms with Crippen molar-refractivity contribution in [1.82, 2.24) is 0 Å². The fourth-order valence-electron chi connectivity index (χ4n) is 0.440. The highest BCUT2D eigenvalue weighted by atomic mass is 16.9. The third kappa shape index (κ3) is 10.2. The Kier molecular flexibility index (Phi) is 5.69. The second-order valence-electron chi connectivity index (χ2n) is 1.46.